The molecule has 3 aliphatic carbocycles. The van der Waals surface area contributed by atoms with E-state index in [1.165, 1.54) is 25.7 Å². The minimum atomic E-state index is -0.363. The van der Waals surface area contributed by atoms with Gasteiger partial charge < -0.3 is 14.8 Å². The quantitative estimate of drug-likeness (QED) is 0.306. The molecule has 0 spiro atoms. The van der Waals surface area contributed by atoms with Gasteiger partial charge in [0.25, 0.3) is 0 Å². The molecule has 3 N–H and O–H groups in total. The molecule has 3 saturated carbocycles. The van der Waals surface area contributed by atoms with Crippen molar-refractivity contribution < 1.29 is 14.3 Å². The number of carbonyl (C=O) groups is 1. The molecule has 1 aliphatic heterocycles. The van der Waals surface area contributed by atoms with E-state index in [1.807, 2.05) is 24.3 Å². The third-order valence-electron chi connectivity index (χ3n) is 9.55. The first kappa shape index (κ1) is 25.4. The monoisotopic (exact) mass is 494 g/mol. The number of benzene rings is 1. The van der Waals surface area contributed by atoms with E-state index < -0.39 is 0 Å². The van der Waals surface area contributed by atoms with Crippen LogP contribution in [0.3, 0.4) is 0 Å². The largest absolute Gasteiger partial charge is 0.427 e. The van der Waals surface area contributed by atoms with Crippen LogP contribution in [0.15, 0.2) is 24.3 Å². The van der Waals surface area contributed by atoms with Gasteiger partial charge in [-0.05, 0) is 60.1 Å². The predicted octanol–water partition coefficient (Wildman–Crippen LogP) is 5.62. The highest BCUT2D eigenvalue weighted by atomic mass is 16.5. The lowest BCUT2D eigenvalue weighted by atomic mass is 9.67. The molecule has 1 saturated heterocycles. The molecular formula is C29H42N4O3. The van der Waals surface area contributed by atoms with Crippen molar-refractivity contribution in [2.45, 2.75) is 71.3 Å². The maximum Gasteiger partial charge on any atom is 0.224 e. The number of carbonyl (C=O) groups excluding carboxylic acids is 1. The zero-order valence-corrected chi connectivity index (χ0v) is 21.9. The van der Waals surface area contributed by atoms with Gasteiger partial charge in [0.15, 0.2) is 5.90 Å². The number of nitrogens with zero attached hydrogens (tertiary/aromatic N) is 1. The second-order valence-electron chi connectivity index (χ2n) is 11.8. The lowest BCUT2D eigenvalue weighted by Crippen LogP contribution is -2.43. The average molecular weight is 495 g/mol. The summed E-state index contributed by atoms with van der Waals surface area (Å²) in [6, 6.07) is 7.47. The molecule has 5 rings (SSSR count). The van der Waals surface area contributed by atoms with Crippen LogP contribution in [0, 0.1) is 39.9 Å². The molecule has 0 bridgehead atoms. The number of anilines is 1. The molecular weight excluding hydrogens is 452 g/mol. The highest BCUT2D eigenvalue weighted by Crippen LogP contribution is 2.62. The smallest absolute Gasteiger partial charge is 0.224 e. The summed E-state index contributed by atoms with van der Waals surface area (Å²) in [7, 11) is 0. The van der Waals surface area contributed by atoms with Crippen molar-refractivity contribution in [1.29, 1.82) is 10.8 Å². The molecule has 36 heavy (non-hydrogen) atoms. The Kier molecular flexibility index (Phi) is 7.49. The van der Waals surface area contributed by atoms with Crippen molar-refractivity contribution in [3.05, 3.63) is 29.8 Å². The summed E-state index contributed by atoms with van der Waals surface area (Å²) < 4.78 is 11.3. The number of rotatable bonds is 9. The van der Waals surface area contributed by atoms with Crippen LogP contribution in [0.1, 0.15) is 76.8 Å². The fraction of sp³-hybridized carbons (Fsp3) is 0.690. The molecule has 1 amide bonds. The summed E-state index contributed by atoms with van der Waals surface area (Å²) in [6.07, 6.45) is 8.76. The highest BCUT2D eigenvalue weighted by Gasteiger charge is 2.55. The van der Waals surface area contributed by atoms with E-state index in [0.29, 0.717) is 50.0 Å². The van der Waals surface area contributed by atoms with Crippen molar-refractivity contribution in [1.82, 2.24) is 4.90 Å². The molecule has 196 valence electrons. The molecule has 1 heterocycles. The molecule has 1 aromatic rings. The van der Waals surface area contributed by atoms with Gasteiger partial charge in [0.05, 0.1) is 13.2 Å². The van der Waals surface area contributed by atoms with Crippen molar-refractivity contribution in [2.75, 3.05) is 31.6 Å². The Morgan fingerprint density at radius 3 is 2.31 bits per heavy atom. The lowest BCUT2D eigenvalue weighted by Gasteiger charge is -2.38. The summed E-state index contributed by atoms with van der Waals surface area (Å²) in [5.74, 6) is 2.47. The maximum absolute atomic E-state index is 13.0. The van der Waals surface area contributed by atoms with Gasteiger partial charge in [-0.15, -0.1) is 0 Å². The Labute approximate surface area is 215 Å². The van der Waals surface area contributed by atoms with E-state index in [0.717, 1.165) is 36.4 Å². The fourth-order valence-corrected chi connectivity index (χ4v) is 6.35. The number of ether oxygens (including phenoxy) is 2. The van der Waals surface area contributed by atoms with Crippen LogP contribution in [0.2, 0.25) is 0 Å². The second kappa shape index (κ2) is 10.6. The molecule has 4 fully saturated rings. The molecule has 0 radical (unpaired) electrons. The van der Waals surface area contributed by atoms with E-state index in [2.05, 4.69) is 24.1 Å². The number of nitrogens with one attached hydrogen (secondary N) is 3. The van der Waals surface area contributed by atoms with Crippen molar-refractivity contribution in [3.8, 4) is 0 Å². The van der Waals surface area contributed by atoms with Crippen molar-refractivity contribution >= 4 is 23.4 Å². The summed E-state index contributed by atoms with van der Waals surface area (Å²) in [6.45, 7) is 7.37. The van der Waals surface area contributed by atoms with Crippen molar-refractivity contribution in [2.24, 2.45) is 29.1 Å². The van der Waals surface area contributed by atoms with Crippen LogP contribution in [0.4, 0.5) is 5.69 Å². The van der Waals surface area contributed by atoms with E-state index >= 15 is 0 Å². The van der Waals surface area contributed by atoms with Crippen LogP contribution in [0.25, 0.3) is 0 Å². The topological polar surface area (TPSA) is 98.5 Å². The Hall–Kier alpha value is -2.25. The van der Waals surface area contributed by atoms with Gasteiger partial charge in [0, 0.05) is 31.1 Å². The second-order valence-corrected chi connectivity index (χ2v) is 11.8. The highest BCUT2D eigenvalue weighted by molar-refractivity contribution is 5.93. The number of amides is 1. The zero-order valence-electron chi connectivity index (χ0n) is 21.9. The van der Waals surface area contributed by atoms with Crippen LogP contribution in [-0.2, 0) is 14.3 Å². The number of hydrogen-bond acceptors (Lipinski definition) is 6. The van der Waals surface area contributed by atoms with Gasteiger partial charge in [-0.25, -0.2) is 0 Å². The Balaban J connectivity index is 1.24. The zero-order chi connectivity index (χ0) is 25.3. The average Bonchev–Trinajstić information content (AvgIpc) is 3.40. The minimum absolute atomic E-state index is 0.0979. The third-order valence-corrected chi connectivity index (χ3v) is 9.55. The predicted molar refractivity (Wildman–Crippen MR) is 141 cm³/mol. The van der Waals surface area contributed by atoms with Gasteiger partial charge >= 0.3 is 0 Å². The molecule has 1 aromatic carbocycles. The van der Waals surface area contributed by atoms with Gasteiger partial charge in [-0.3, -0.25) is 20.5 Å². The van der Waals surface area contributed by atoms with Gasteiger partial charge in [0.2, 0.25) is 11.8 Å². The standard InChI is InChI=1S/C29H42N4O3/c1-19-18-29(19,2)24(20-5-3-6-20)17-25(34)32-23-11-9-21(10-12-23)26(33-13-15-35-16-14-33)28(31)36-27(30)22-7-4-8-22/h9-12,19-20,22,24,26,30-31H,3-8,13-18H2,1-2H3,(H,32,34). The summed E-state index contributed by atoms with van der Waals surface area (Å²) in [5.41, 5.74) is 2.05. The summed E-state index contributed by atoms with van der Waals surface area (Å²) in [4.78, 5) is 15.2. The van der Waals surface area contributed by atoms with Gasteiger partial charge in [0.1, 0.15) is 6.04 Å². The summed E-state index contributed by atoms with van der Waals surface area (Å²) in [5, 5.41) is 20.1. The number of morpholine rings is 1. The first-order chi connectivity index (χ1) is 17.3. The van der Waals surface area contributed by atoms with Crippen molar-refractivity contribution in [3.63, 3.8) is 0 Å². The fourth-order valence-electron chi connectivity index (χ4n) is 6.35. The van der Waals surface area contributed by atoms with Crippen LogP contribution >= 0.6 is 0 Å². The Morgan fingerprint density at radius 2 is 1.78 bits per heavy atom. The van der Waals surface area contributed by atoms with E-state index in [4.69, 9.17) is 20.3 Å². The number of hydrogen-bond donors (Lipinski definition) is 3. The molecule has 0 aromatic heterocycles. The van der Waals surface area contributed by atoms with Crippen LogP contribution in [0.5, 0.6) is 0 Å². The first-order valence-corrected chi connectivity index (χ1v) is 13.9. The maximum atomic E-state index is 13.0. The van der Waals surface area contributed by atoms with E-state index in [-0.39, 0.29) is 29.7 Å². The van der Waals surface area contributed by atoms with Crippen LogP contribution in [-0.4, -0.2) is 48.9 Å². The minimum Gasteiger partial charge on any atom is -0.427 e. The van der Waals surface area contributed by atoms with Crippen LogP contribution < -0.4 is 5.32 Å². The summed E-state index contributed by atoms with van der Waals surface area (Å²) >= 11 is 0. The van der Waals surface area contributed by atoms with Gasteiger partial charge in [-0.2, -0.15) is 0 Å². The third kappa shape index (κ3) is 5.37. The molecule has 4 unspecified atom stereocenters. The Bertz CT molecular complexity index is 965. The first-order valence-electron chi connectivity index (χ1n) is 13.9. The normalized spacial score (nSPS) is 28.3. The SMILES string of the molecule is CC1CC1(C)C(CC(=O)Nc1ccc(C(C(=N)OC(=N)C2CCC2)N2CCOCC2)cc1)C1CCC1. The molecule has 4 aliphatic rings. The van der Waals surface area contributed by atoms with E-state index in [9.17, 15) is 4.79 Å². The molecule has 7 nitrogen and oxygen atoms in total. The van der Waals surface area contributed by atoms with Gasteiger partial charge in [-0.1, -0.05) is 51.7 Å². The van der Waals surface area contributed by atoms with E-state index in [1.54, 1.807) is 0 Å². The molecule has 4 atom stereocenters. The lowest BCUT2D eigenvalue weighted by molar-refractivity contribution is -0.118. The Morgan fingerprint density at radius 1 is 1.14 bits per heavy atom. The molecule has 7 heteroatoms.